The SMILES string of the molecule is Cc1nccn1-c1ccc(NCc2cn3ccnc3s2)cn1. The highest BCUT2D eigenvalue weighted by atomic mass is 32.1. The number of nitrogens with one attached hydrogen (secondary N) is 1. The van der Waals surface area contributed by atoms with Gasteiger partial charge in [0.05, 0.1) is 18.4 Å². The minimum absolute atomic E-state index is 0.763. The van der Waals surface area contributed by atoms with Crippen LogP contribution in [0.4, 0.5) is 5.69 Å². The smallest absolute Gasteiger partial charge is 0.193 e. The molecular weight excluding hydrogens is 296 g/mol. The standard InChI is InChI=1S/C15H14N6S/c1-11-16-5-7-21(11)14-3-2-12(8-19-14)18-9-13-10-20-6-4-17-15(20)22-13/h2-8,10,18H,9H2,1H3. The van der Waals surface area contributed by atoms with Gasteiger partial charge in [-0.05, 0) is 19.1 Å². The Balaban J connectivity index is 1.47. The van der Waals surface area contributed by atoms with Crippen molar-refractivity contribution in [3.63, 3.8) is 0 Å². The van der Waals surface area contributed by atoms with Gasteiger partial charge in [0, 0.05) is 35.9 Å². The second-order valence-corrected chi connectivity index (χ2v) is 6.01. The Kier molecular flexibility index (Phi) is 3.12. The van der Waals surface area contributed by atoms with Crippen molar-refractivity contribution in [2.24, 2.45) is 0 Å². The Morgan fingerprint density at radius 1 is 1.14 bits per heavy atom. The van der Waals surface area contributed by atoms with Gasteiger partial charge in [0.1, 0.15) is 11.6 Å². The van der Waals surface area contributed by atoms with Crippen LogP contribution in [0, 0.1) is 6.92 Å². The van der Waals surface area contributed by atoms with Gasteiger partial charge in [0.2, 0.25) is 0 Å². The van der Waals surface area contributed by atoms with Gasteiger partial charge in [-0.15, -0.1) is 0 Å². The van der Waals surface area contributed by atoms with Crippen molar-refractivity contribution in [3.05, 3.63) is 60.0 Å². The van der Waals surface area contributed by atoms with E-state index in [-0.39, 0.29) is 0 Å². The highest BCUT2D eigenvalue weighted by Crippen LogP contribution is 2.18. The van der Waals surface area contributed by atoms with Crippen LogP contribution in [0.1, 0.15) is 10.7 Å². The second kappa shape index (κ2) is 5.27. The average Bonchev–Trinajstić information content (AvgIpc) is 3.21. The predicted octanol–water partition coefficient (Wildman–Crippen LogP) is 2.90. The summed E-state index contributed by atoms with van der Waals surface area (Å²) < 4.78 is 3.99. The molecule has 0 amide bonds. The molecule has 0 atom stereocenters. The maximum Gasteiger partial charge on any atom is 0.193 e. The van der Waals surface area contributed by atoms with E-state index in [1.54, 1.807) is 17.5 Å². The minimum atomic E-state index is 0.763. The van der Waals surface area contributed by atoms with Crippen molar-refractivity contribution in [1.82, 2.24) is 23.9 Å². The van der Waals surface area contributed by atoms with Crippen LogP contribution in [0.25, 0.3) is 10.8 Å². The van der Waals surface area contributed by atoms with Gasteiger partial charge >= 0.3 is 0 Å². The Bertz CT molecular complexity index is 873. The molecule has 4 aromatic rings. The monoisotopic (exact) mass is 310 g/mol. The van der Waals surface area contributed by atoms with Crippen molar-refractivity contribution in [2.75, 3.05) is 5.32 Å². The fraction of sp³-hybridized carbons (Fsp3) is 0.133. The summed E-state index contributed by atoms with van der Waals surface area (Å²) in [5, 5.41) is 3.38. The summed E-state index contributed by atoms with van der Waals surface area (Å²) in [5.74, 6) is 1.80. The van der Waals surface area contributed by atoms with E-state index in [1.165, 1.54) is 4.88 Å². The average molecular weight is 310 g/mol. The van der Waals surface area contributed by atoms with Crippen molar-refractivity contribution in [1.29, 1.82) is 0 Å². The van der Waals surface area contributed by atoms with Crippen LogP contribution in [0.2, 0.25) is 0 Å². The summed E-state index contributed by atoms with van der Waals surface area (Å²) >= 11 is 1.68. The van der Waals surface area contributed by atoms with Crippen LogP contribution in [0.3, 0.4) is 0 Å². The van der Waals surface area contributed by atoms with Crippen LogP contribution in [-0.2, 0) is 6.54 Å². The first-order valence-electron chi connectivity index (χ1n) is 6.91. The van der Waals surface area contributed by atoms with Gasteiger partial charge < -0.3 is 5.32 Å². The third-order valence-corrected chi connectivity index (χ3v) is 4.44. The Morgan fingerprint density at radius 3 is 2.77 bits per heavy atom. The van der Waals surface area contributed by atoms with Crippen LogP contribution in [0.15, 0.2) is 49.3 Å². The van der Waals surface area contributed by atoms with Crippen LogP contribution < -0.4 is 5.32 Å². The second-order valence-electron chi connectivity index (χ2n) is 4.92. The summed E-state index contributed by atoms with van der Waals surface area (Å²) in [5.41, 5.74) is 0.993. The Morgan fingerprint density at radius 2 is 2.05 bits per heavy atom. The van der Waals surface area contributed by atoms with Gasteiger partial charge in [-0.3, -0.25) is 8.97 Å². The molecular formula is C15H14N6S. The van der Waals surface area contributed by atoms with Crippen LogP contribution in [-0.4, -0.2) is 23.9 Å². The lowest BCUT2D eigenvalue weighted by Gasteiger charge is -2.07. The Hall–Kier alpha value is -2.67. The van der Waals surface area contributed by atoms with Gasteiger partial charge in [-0.1, -0.05) is 11.3 Å². The molecule has 4 rings (SSSR count). The quantitative estimate of drug-likeness (QED) is 0.629. The first-order valence-corrected chi connectivity index (χ1v) is 7.73. The number of fused-ring (bicyclic) bond motifs is 1. The van der Waals surface area contributed by atoms with E-state index >= 15 is 0 Å². The van der Waals surface area contributed by atoms with Crippen molar-refractivity contribution in [2.45, 2.75) is 13.5 Å². The predicted molar refractivity (Wildman–Crippen MR) is 86.5 cm³/mol. The molecule has 0 saturated heterocycles. The lowest BCUT2D eigenvalue weighted by molar-refractivity contribution is 0.932. The van der Waals surface area contributed by atoms with Gasteiger partial charge in [0.15, 0.2) is 4.96 Å². The van der Waals surface area contributed by atoms with Crippen molar-refractivity contribution >= 4 is 22.0 Å². The zero-order chi connectivity index (χ0) is 14.9. The molecule has 4 heterocycles. The molecule has 22 heavy (non-hydrogen) atoms. The van der Waals surface area contributed by atoms with E-state index in [4.69, 9.17) is 0 Å². The highest BCUT2D eigenvalue weighted by Gasteiger charge is 2.04. The van der Waals surface area contributed by atoms with Crippen molar-refractivity contribution in [3.8, 4) is 5.82 Å². The zero-order valence-electron chi connectivity index (χ0n) is 12.0. The number of rotatable bonds is 4. The molecule has 110 valence electrons. The zero-order valence-corrected chi connectivity index (χ0v) is 12.8. The van der Waals surface area contributed by atoms with Gasteiger partial charge in [-0.25, -0.2) is 15.0 Å². The number of hydrogen-bond donors (Lipinski definition) is 1. The fourth-order valence-electron chi connectivity index (χ4n) is 2.30. The number of anilines is 1. The van der Waals surface area contributed by atoms with E-state index < -0.39 is 0 Å². The summed E-state index contributed by atoms with van der Waals surface area (Å²) in [6.07, 6.45) is 11.4. The van der Waals surface area contributed by atoms with Crippen molar-refractivity contribution < 1.29 is 0 Å². The molecule has 6 nitrogen and oxygen atoms in total. The van der Waals surface area contributed by atoms with E-state index in [0.717, 1.165) is 28.8 Å². The summed E-state index contributed by atoms with van der Waals surface area (Å²) in [6.45, 7) is 2.72. The number of aryl methyl sites for hydroxylation is 1. The molecule has 0 aliphatic carbocycles. The number of aromatic nitrogens is 5. The molecule has 4 aromatic heterocycles. The number of nitrogens with zero attached hydrogens (tertiary/aromatic N) is 5. The molecule has 0 radical (unpaired) electrons. The normalized spacial score (nSPS) is 11.1. The van der Waals surface area contributed by atoms with E-state index in [0.29, 0.717) is 0 Å². The lowest BCUT2D eigenvalue weighted by Crippen LogP contribution is -2.01. The molecule has 7 heteroatoms. The lowest BCUT2D eigenvalue weighted by atomic mass is 10.4. The number of hydrogen-bond acceptors (Lipinski definition) is 5. The molecule has 0 aliphatic rings. The third kappa shape index (κ3) is 2.35. The minimum Gasteiger partial charge on any atom is -0.379 e. The molecule has 0 bridgehead atoms. The summed E-state index contributed by atoms with van der Waals surface area (Å²) in [7, 11) is 0. The summed E-state index contributed by atoms with van der Waals surface area (Å²) in [4.78, 5) is 15.2. The van der Waals surface area contributed by atoms with E-state index in [2.05, 4.69) is 26.5 Å². The Labute approximate surface area is 131 Å². The fourth-order valence-corrected chi connectivity index (χ4v) is 3.18. The molecule has 0 fully saturated rings. The molecule has 0 aliphatic heterocycles. The molecule has 0 unspecified atom stereocenters. The molecule has 1 N–H and O–H groups in total. The molecule has 0 aromatic carbocycles. The number of pyridine rings is 1. The molecule has 0 saturated carbocycles. The maximum absolute atomic E-state index is 4.47. The topological polar surface area (TPSA) is 60.0 Å². The van der Waals surface area contributed by atoms with Crippen LogP contribution >= 0.6 is 11.3 Å². The number of thiazole rings is 1. The largest absolute Gasteiger partial charge is 0.379 e. The first kappa shape index (κ1) is 13.0. The highest BCUT2D eigenvalue weighted by molar-refractivity contribution is 7.17. The number of imidazole rings is 2. The van der Waals surface area contributed by atoms with E-state index in [1.807, 2.05) is 52.8 Å². The summed E-state index contributed by atoms with van der Waals surface area (Å²) in [6, 6.07) is 4.01. The van der Waals surface area contributed by atoms with E-state index in [9.17, 15) is 0 Å². The maximum atomic E-state index is 4.47. The first-order chi connectivity index (χ1) is 10.8. The van der Waals surface area contributed by atoms with Gasteiger partial charge in [-0.2, -0.15) is 0 Å². The molecule has 0 spiro atoms. The third-order valence-electron chi connectivity index (χ3n) is 3.43. The van der Waals surface area contributed by atoms with Gasteiger partial charge in [0.25, 0.3) is 0 Å². The van der Waals surface area contributed by atoms with Crippen LogP contribution in [0.5, 0.6) is 0 Å².